The molecule has 1 aliphatic rings. The second-order valence-corrected chi connectivity index (χ2v) is 6.36. The predicted molar refractivity (Wildman–Crippen MR) is 70.0 cm³/mol. The number of carbonyl (C=O) groups is 1. The SMILES string of the molecule is CC(C)(Cc1nc(C2CCOCC2)cs1)C(=O)O. The maximum atomic E-state index is 11.1. The third-order valence-electron chi connectivity index (χ3n) is 3.38. The van der Waals surface area contributed by atoms with Crippen LogP contribution in [-0.2, 0) is 16.0 Å². The standard InChI is InChI=1S/C13H19NO3S/c1-13(2,12(15)16)7-11-14-10(8-18-11)9-3-5-17-6-4-9/h8-9H,3-7H2,1-2H3,(H,15,16). The Morgan fingerprint density at radius 1 is 1.56 bits per heavy atom. The lowest BCUT2D eigenvalue weighted by molar-refractivity contribution is -0.146. The lowest BCUT2D eigenvalue weighted by Crippen LogP contribution is -2.26. The molecule has 1 aliphatic heterocycles. The first-order valence-electron chi connectivity index (χ1n) is 6.24. The smallest absolute Gasteiger partial charge is 0.309 e. The molecule has 0 unspecified atom stereocenters. The van der Waals surface area contributed by atoms with E-state index in [1.54, 1.807) is 25.2 Å². The van der Waals surface area contributed by atoms with Gasteiger partial charge in [-0.25, -0.2) is 4.98 Å². The fraction of sp³-hybridized carbons (Fsp3) is 0.692. The highest BCUT2D eigenvalue weighted by atomic mass is 32.1. The number of carboxylic acid groups (broad SMARTS) is 1. The Labute approximate surface area is 111 Å². The number of nitrogens with zero attached hydrogens (tertiary/aromatic N) is 1. The average molecular weight is 269 g/mol. The van der Waals surface area contributed by atoms with Gasteiger partial charge < -0.3 is 9.84 Å². The topological polar surface area (TPSA) is 59.4 Å². The maximum Gasteiger partial charge on any atom is 0.309 e. The zero-order chi connectivity index (χ0) is 13.2. The second kappa shape index (κ2) is 5.36. The Bertz CT molecular complexity index is 422. The molecule has 0 aromatic carbocycles. The van der Waals surface area contributed by atoms with Gasteiger partial charge in [-0.05, 0) is 26.7 Å². The predicted octanol–water partition coefficient (Wildman–Crippen LogP) is 2.69. The van der Waals surface area contributed by atoms with E-state index in [9.17, 15) is 4.79 Å². The first kappa shape index (κ1) is 13.5. The van der Waals surface area contributed by atoms with Crippen molar-refractivity contribution in [3.05, 3.63) is 16.1 Å². The molecule has 0 saturated carbocycles. The maximum absolute atomic E-state index is 11.1. The van der Waals surface area contributed by atoms with Crippen molar-refractivity contribution >= 4 is 17.3 Å². The van der Waals surface area contributed by atoms with Crippen molar-refractivity contribution in [2.45, 2.75) is 39.0 Å². The van der Waals surface area contributed by atoms with Crippen molar-refractivity contribution in [2.75, 3.05) is 13.2 Å². The van der Waals surface area contributed by atoms with Crippen LogP contribution in [0.1, 0.15) is 43.3 Å². The van der Waals surface area contributed by atoms with Gasteiger partial charge in [0, 0.05) is 30.9 Å². The number of rotatable bonds is 4. The Hall–Kier alpha value is -0.940. The summed E-state index contributed by atoms with van der Waals surface area (Å²) in [6, 6.07) is 0. The minimum absolute atomic E-state index is 0.483. The highest BCUT2D eigenvalue weighted by Crippen LogP contribution is 2.30. The second-order valence-electron chi connectivity index (χ2n) is 5.42. The van der Waals surface area contributed by atoms with Crippen LogP contribution in [0.15, 0.2) is 5.38 Å². The number of hydrogen-bond donors (Lipinski definition) is 1. The van der Waals surface area contributed by atoms with Crippen LogP contribution in [-0.4, -0.2) is 29.3 Å². The molecule has 0 aliphatic carbocycles. The van der Waals surface area contributed by atoms with E-state index >= 15 is 0 Å². The summed E-state index contributed by atoms with van der Waals surface area (Å²) in [4.78, 5) is 15.7. The largest absolute Gasteiger partial charge is 0.481 e. The van der Waals surface area contributed by atoms with E-state index in [4.69, 9.17) is 9.84 Å². The van der Waals surface area contributed by atoms with Crippen molar-refractivity contribution in [3.8, 4) is 0 Å². The van der Waals surface area contributed by atoms with Crippen molar-refractivity contribution < 1.29 is 14.6 Å². The van der Waals surface area contributed by atoms with Crippen molar-refractivity contribution in [1.29, 1.82) is 0 Å². The number of aliphatic carboxylic acids is 1. The van der Waals surface area contributed by atoms with E-state index in [0.717, 1.165) is 36.8 Å². The highest BCUT2D eigenvalue weighted by Gasteiger charge is 2.29. The van der Waals surface area contributed by atoms with E-state index < -0.39 is 11.4 Å². The lowest BCUT2D eigenvalue weighted by Gasteiger charge is -2.20. The van der Waals surface area contributed by atoms with Gasteiger partial charge in [0.05, 0.1) is 16.1 Å². The molecule has 0 atom stereocenters. The van der Waals surface area contributed by atoms with E-state index in [-0.39, 0.29) is 0 Å². The first-order chi connectivity index (χ1) is 8.49. The van der Waals surface area contributed by atoms with Crippen molar-refractivity contribution in [3.63, 3.8) is 0 Å². The molecule has 0 amide bonds. The Morgan fingerprint density at radius 2 is 2.22 bits per heavy atom. The molecule has 1 fully saturated rings. The Kier molecular flexibility index (Phi) is 4.02. The molecule has 0 radical (unpaired) electrons. The molecule has 4 nitrogen and oxygen atoms in total. The summed E-state index contributed by atoms with van der Waals surface area (Å²) < 4.78 is 5.34. The fourth-order valence-corrected chi connectivity index (χ4v) is 3.15. The molecule has 0 bridgehead atoms. The molecular weight excluding hydrogens is 250 g/mol. The van der Waals surface area contributed by atoms with Crippen LogP contribution in [0, 0.1) is 5.41 Å². The number of ether oxygens (including phenoxy) is 1. The van der Waals surface area contributed by atoms with Crippen LogP contribution >= 0.6 is 11.3 Å². The molecule has 5 heteroatoms. The molecule has 1 N–H and O–H groups in total. The number of aromatic nitrogens is 1. The third-order valence-corrected chi connectivity index (χ3v) is 4.25. The van der Waals surface area contributed by atoms with Gasteiger partial charge in [-0.15, -0.1) is 11.3 Å². The quantitative estimate of drug-likeness (QED) is 0.913. The van der Waals surface area contributed by atoms with Crippen molar-refractivity contribution in [1.82, 2.24) is 4.98 Å². The lowest BCUT2D eigenvalue weighted by atomic mass is 9.90. The van der Waals surface area contributed by atoms with Gasteiger partial charge in [0.15, 0.2) is 0 Å². The van der Waals surface area contributed by atoms with Crippen LogP contribution in [0.5, 0.6) is 0 Å². The molecule has 1 aromatic heterocycles. The fourth-order valence-electron chi connectivity index (χ4n) is 2.04. The molecule has 2 heterocycles. The van der Waals surface area contributed by atoms with Gasteiger partial charge in [0.1, 0.15) is 0 Å². The summed E-state index contributed by atoms with van der Waals surface area (Å²) >= 11 is 1.57. The van der Waals surface area contributed by atoms with Crippen LogP contribution in [0.3, 0.4) is 0 Å². The van der Waals surface area contributed by atoms with E-state index in [1.807, 2.05) is 0 Å². The minimum atomic E-state index is -0.773. The molecular formula is C13H19NO3S. The minimum Gasteiger partial charge on any atom is -0.481 e. The summed E-state index contributed by atoms with van der Waals surface area (Å²) in [7, 11) is 0. The summed E-state index contributed by atoms with van der Waals surface area (Å²) in [5, 5.41) is 12.1. The van der Waals surface area contributed by atoms with Gasteiger partial charge in [-0.3, -0.25) is 4.79 Å². The van der Waals surface area contributed by atoms with Crippen LogP contribution < -0.4 is 0 Å². The summed E-state index contributed by atoms with van der Waals surface area (Å²) in [5.41, 5.74) is 0.365. The zero-order valence-corrected chi connectivity index (χ0v) is 11.6. The summed E-state index contributed by atoms with van der Waals surface area (Å²) in [5.74, 6) is -0.290. The average Bonchev–Trinajstić information content (AvgIpc) is 2.78. The van der Waals surface area contributed by atoms with Gasteiger partial charge in [-0.1, -0.05) is 0 Å². The highest BCUT2D eigenvalue weighted by molar-refractivity contribution is 7.09. The van der Waals surface area contributed by atoms with Crippen LogP contribution in [0.25, 0.3) is 0 Å². The van der Waals surface area contributed by atoms with Gasteiger partial charge >= 0.3 is 5.97 Å². The summed E-state index contributed by atoms with van der Waals surface area (Å²) in [6.07, 6.45) is 2.53. The molecule has 2 rings (SSSR count). The molecule has 1 aromatic rings. The first-order valence-corrected chi connectivity index (χ1v) is 7.12. The molecule has 0 spiro atoms. The monoisotopic (exact) mass is 269 g/mol. The molecule has 18 heavy (non-hydrogen) atoms. The molecule has 1 saturated heterocycles. The number of thiazole rings is 1. The van der Waals surface area contributed by atoms with Gasteiger partial charge in [0.25, 0.3) is 0 Å². The van der Waals surface area contributed by atoms with Crippen LogP contribution in [0.2, 0.25) is 0 Å². The summed E-state index contributed by atoms with van der Waals surface area (Å²) in [6.45, 7) is 5.09. The van der Waals surface area contributed by atoms with E-state index in [1.165, 1.54) is 0 Å². The van der Waals surface area contributed by atoms with E-state index in [0.29, 0.717) is 12.3 Å². The zero-order valence-electron chi connectivity index (χ0n) is 10.8. The Morgan fingerprint density at radius 3 is 2.83 bits per heavy atom. The number of hydrogen-bond acceptors (Lipinski definition) is 4. The van der Waals surface area contributed by atoms with E-state index in [2.05, 4.69) is 10.4 Å². The number of carboxylic acids is 1. The van der Waals surface area contributed by atoms with Gasteiger partial charge in [-0.2, -0.15) is 0 Å². The third kappa shape index (κ3) is 3.09. The molecule has 100 valence electrons. The van der Waals surface area contributed by atoms with Crippen molar-refractivity contribution in [2.24, 2.45) is 5.41 Å². The van der Waals surface area contributed by atoms with Crippen LogP contribution in [0.4, 0.5) is 0 Å². The normalized spacial score (nSPS) is 17.9. The van der Waals surface area contributed by atoms with Gasteiger partial charge in [0.2, 0.25) is 0 Å². The Balaban J connectivity index is 2.03.